The number of para-hydroxylation sites is 1. The summed E-state index contributed by atoms with van der Waals surface area (Å²) in [6.07, 6.45) is 3.09. The quantitative estimate of drug-likeness (QED) is 0.566. The molecular formula is C20H18FN3. The molecule has 2 N–H and O–H groups in total. The standard InChI is InChI=1S/C20H18FN3/c21-14-5-6-19-16(9-14)17-12-24(8-7-20(17)23-19)11-13-10-22-18-4-2-1-3-15(13)18/h1-6,9-10,22-23H,7-8,11-12H2. The van der Waals surface area contributed by atoms with Crippen LogP contribution in [0.2, 0.25) is 0 Å². The largest absolute Gasteiger partial charge is 0.361 e. The van der Waals surface area contributed by atoms with E-state index in [4.69, 9.17) is 0 Å². The van der Waals surface area contributed by atoms with Crippen LogP contribution in [0.15, 0.2) is 48.7 Å². The van der Waals surface area contributed by atoms with Gasteiger partial charge in [-0.3, -0.25) is 4.90 Å². The van der Waals surface area contributed by atoms with Crippen LogP contribution in [-0.4, -0.2) is 21.4 Å². The van der Waals surface area contributed by atoms with Gasteiger partial charge < -0.3 is 9.97 Å². The molecule has 3 nitrogen and oxygen atoms in total. The molecule has 3 heterocycles. The Morgan fingerprint density at radius 3 is 2.92 bits per heavy atom. The molecule has 2 aromatic carbocycles. The highest BCUT2D eigenvalue weighted by molar-refractivity contribution is 5.85. The third kappa shape index (κ3) is 2.14. The number of hydrogen-bond acceptors (Lipinski definition) is 1. The van der Waals surface area contributed by atoms with Crippen molar-refractivity contribution in [2.45, 2.75) is 19.5 Å². The second-order valence-electron chi connectivity index (χ2n) is 6.59. The van der Waals surface area contributed by atoms with Crippen LogP contribution < -0.4 is 0 Å². The Labute approximate surface area is 139 Å². The molecule has 2 aromatic heterocycles. The fourth-order valence-electron chi connectivity index (χ4n) is 3.88. The third-order valence-electron chi connectivity index (χ3n) is 5.09. The smallest absolute Gasteiger partial charge is 0.123 e. The normalized spacial score (nSPS) is 15.2. The number of rotatable bonds is 2. The second-order valence-corrected chi connectivity index (χ2v) is 6.59. The molecule has 0 bridgehead atoms. The molecule has 0 amide bonds. The molecule has 24 heavy (non-hydrogen) atoms. The van der Waals surface area contributed by atoms with Gasteiger partial charge in [0.15, 0.2) is 0 Å². The lowest BCUT2D eigenvalue weighted by atomic mass is 10.0. The summed E-state index contributed by atoms with van der Waals surface area (Å²) in [5, 5.41) is 2.31. The van der Waals surface area contributed by atoms with E-state index < -0.39 is 0 Å². The van der Waals surface area contributed by atoms with Crippen molar-refractivity contribution >= 4 is 21.8 Å². The van der Waals surface area contributed by atoms with Gasteiger partial charge in [-0.2, -0.15) is 0 Å². The summed E-state index contributed by atoms with van der Waals surface area (Å²) in [5.41, 5.74) is 6.04. The molecule has 0 fully saturated rings. The van der Waals surface area contributed by atoms with E-state index in [9.17, 15) is 4.39 Å². The van der Waals surface area contributed by atoms with E-state index >= 15 is 0 Å². The number of hydrogen-bond donors (Lipinski definition) is 2. The van der Waals surface area contributed by atoms with Gasteiger partial charge in [0.1, 0.15) is 5.82 Å². The zero-order valence-corrected chi connectivity index (χ0v) is 13.3. The van der Waals surface area contributed by atoms with Crippen LogP contribution in [0.25, 0.3) is 21.8 Å². The Kier molecular flexibility index (Phi) is 3.00. The summed E-state index contributed by atoms with van der Waals surface area (Å²) in [7, 11) is 0. The molecule has 0 radical (unpaired) electrons. The molecule has 1 aliphatic heterocycles. The summed E-state index contributed by atoms with van der Waals surface area (Å²) < 4.78 is 13.6. The summed E-state index contributed by atoms with van der Waals surface area (Å²) in [6.45, 7) is 2.78. The fraction of sp³-hybridized carbons (Fsp3) is 0.200. The Morgan fingerprint density at radius 1 is 1.04 bits per heavy atom. The van der Waals surface area contributed by atoms with Crippen molar-refractivity contribution in [3.8, 4) is 0 Å². The SMILES string of the molecule is Fc1ccc2[nH]c3c(c2c1)CN(Cc1c[nH]c2ccccc12)CC3. The Balaban J connectivity index is 1.48. The van der Waals surface area contributed by atoms with Crippen LogP contribution in [0.3, 0.4) is 0 Å². The number of aromatic amines is 2. The lowest BCUT2D eigenvalue weighted by molar-refractivity contribution is 0.246. The number of H-pyrrole nitrogens is 2. The molecular weight excluding hydrogens is 301 g/mol. The van der Waals surface area contributed by atoms with Gasteiger partial charge in [0, 0.05) is 59.8 Å². The second kappa shape index (κ2) is 5.21. The van der Waals surface area contributed by atoms with Crippen LogP contribution in [0.1, 0.15) is 16.8 Å². The highest BCUT2D eigenvalue weighted by Gasteiger charge is 2.21. The maximum atomic E-state index is 13.6. The van der Waals surface area contributed by atoms with Crippen molar-refractivity contribution < 1.29 is 4.39 Å². The first-order valence-electron chi connectivity index (χ1n) is 8.34. The molecule has 4 heteroatoms. The topological polar surface area (TPSA) is 34.8 Å². The number of benzene rings is 2. The average Bonchev–Trinajstić information content (AvgIpc) is 3.16. The minimum atomic E-state index is -0.168. The first-order valence-corrected chi connectivity index (χ1v) is 8.34. The lowest BCUT2D eigenvalue weighted by Gasteiger charge is -2.26. The predicted octanol–water partition coefficient (Wildman–Crippen LogP) is 4.35. The minimum Gasteiger partial charge on any atom is -0.361 e. The van der Waals surface area contributed by atoms with Crippen molar-refractivity contribution in [1.29, 1.82) is 0 Å². The van der Waals surface area contributed by atoms with E-state index in [-0.39, 0.29) is 5.82 Å². The maximum absolute atomic E-state index is 13.6. The number of aromatic nitrogens is 2. The molecule has 120 valence electrons. The molecule has 0 spiro atoms. The van der Waals surface area contributed by atoms with Crippen molar-refractivity contribution in [3.63, 3.8) is 0 Å². The zero-order chi connectivity index (χ0) is 16.1. The van der Waals surface area contributed by atoms with Gasteiger partial charge >= 0.3 is 0 Å². The van der Waals surface area contributed by atoms with E-state index in [1.165, 1.54) is 33.8 Å². The number of nitrogens with one attached hydrogen (secondary N) is 2. The molecule has 4 aromatic rings. The van der Waals surface area contributed by atoms with Crippen molar-refractivity contribution in [2.75, 3.05) is 6.54 Å². The monoisotopic (exact) mass is 319 g/mol. The van der Waals surface area contributed by atoms with E-state index in [0.29, 0.717) is 0 Å². The van der Waals surface area contributed by atoms with E-state index in [1.807, 2.05) is 6.07 Å². The summed E-state index contributed by atoms with van der Waals surface area (Å²) in [6, 6.07) is 13.4. The van der Waals surface area contributed by atoms with Gasteiger partial charge in [0.25, 0.3) is 0 Å². The van der Waals surface area contributed by atoms with Crippen molar-refractivity contribution in [3.05, 3.63) is 71.3 Å². The average molecular weight is 319 g/mol. The Morgan fingerprint density at radius 2 is 1.96 bits per heavy atom. The first kappa shape index (κ1) is 13.8. The van der Waals surface area contributed by atoms with E-state index in [2.05, 4.69) is 45.3 Å². The first-order chi connectivity index (χ1) is 11.8. The van der Waals surface area contributed by atoms with Crippen LogP contribution in [0.5, 0.6) is 0 Å². The van der Waals surface area contributed by atoms with Gasteiger partial charge in [0.2, 0.25) is 0 Å². The summed E-state index contributed by atoms with van der Waals surface area (Å²) in [4.78, 5) is 9.24. The molecule has 5 rings (SSSR count). The Bertz CT molecular complexity index is 1040. The molecule has 0 saturated carbocycles. The lowest BCUT2D eigenvalue weighted by Crippen LogP contribution is -2.29. The van der Waals surface area contributed by atoms with Gasteiger partial charge in [-0.05, 0) is 35.4 Å². The van der Waals surface area contributed by atoms with Gasteiger partial charge in [-0.25, -0.2) is 4.39 Å². The van der Waals surface area contributed by atoms with Crippen molar-refractivity contribution in [2.24, 2.45) is 0 Å². The number of fused-ring (bicyclic) bond motifs is 4. The van der Waals surface area contributed by atoms with Crippen LogP contribution in [0.4, 0.5) is 4.39 Å². The predicted molar refractivity (Wildman–Crippen MR) is 94.4 cm³/mol. The molecule has 0 aliphatic carbocycles. The summed E-state index contributed by atoms with van der Waals surface area (Å²) >= 11 is 0. The number of nitrogens with zero attached hydrogens (tertiary/aromatic N) is 1. The highest BCUT2D eigenvalue weighted by Crippen LogP contribution is 2.29. The van der Waals surface area contributed by atoms with Gasteiger partial charge in [0.05, 0.1) is 0 Å². The van der Waals surface area contributed by atoms with Crippen molar-refractivity contribution in [1.82, 2.24) is 14.9 Å². The van der Waals surface area contributed by atoms with Gasteiger partial charge in [-0.15, -0.1) is 0 Å². The molecule has 0 unspecified atom stereocenters. The van der Waals surface area contributed by atoms with Crippen LogP contribution in [0, 0.1) is 5.82 Å². The highest BCUT2D eigenvalue weighted by atomic mass is 19.1. The molecule has 0 atom stereocenters. The molecule has 1 aliphatic rings. The zero-order valence-electron chi connectivity index (χ0n) is 13.3. The third-order valence-corrected chi connectivity index (χ3v) is 5.09. The summed E-state index contributed by atoms with van der Waals surface area (Å²) in [5.74, 6) is -0.168. The van der Waals surface area contributed by atoms with Crippen LogP contribution >= 0.6 is 0 Å². The van der Waals surface area contributed by atoms with E-state index in [1.54, 1.807) is 6.07 Å². The Hall–Kier alpha value is -2.59. The minimum absolute atomic E-state index is 0.168. The molecule has 0 saturated heterocycles. The maximum Gasteiger partial charge on any atom is 0.123 e. The van der Waals surface area contributed by atoms with Gasteiger partial charge in [-0.1, -0.05) is 18.2 Å². The van der Waals surface area contributed by atoms with Crippen LogP contribution in [-0.2, 0) is 19.5 Å². The fourth-order valence-corrected chi connectivity index (χ4v) is 3.88. The number of halogens is 1. The van der Waals surface area contributed by atoms with E-state index in [0.717, 1.165) is 37.0 Å².